The summed E-state index contributed by atoms with van der Waals surface area (Å²) in [4.78, 5) is 28.5. The number of aldehydes is 1. The molecule has 0 aliphatic rings. The summed E-state index contributed by atoms with van der Waals surface area (Å²) in [6.07, 6.45) is 2.67. The van der Waals surface area contributed by atoms with E-state index in [2.05, 4.69) is 4.98 Å². The lowest BCUT2D eigenvalue weighted by Gasteiger charge is -2.01. The molecule has 0 amide bonds. The van der Waals surface area contributed by atoms with Crippen molar-refractivity contribution in [2.75, 3.05) is 0 Å². The molecule has 0 spiro atoms. The van der Waals surface area contributed by atoms with E-state index in [1.165, 1.54) is 22.2 Å². The fourth-order valence-electron chi connectivity index (χ4n) is 1.62. The second-order valence-corrected chi connectivity index (χ2v) is 4.87. The summed E-state index contributed by atoms with van der Waals surface area (Å²) >= 11 is 1.53. The van der Waals surface area contributed by atoms with Gasteiger partial charge in [-0.3, -0.25) is 9.36 Å². The van der Waals surface area contributed by atoms with Crippen LogP contribution >= 0.6 is 11.3 Å². The zero-order valence-electron chi connectivity index (χ0n) is 9.19. The van der Waals surface area contributed by atoms with E-state index in [9.17, 15) is 9.59 Å². The van der Waals surface area contributed by atoms with Crippen molar-refractivity contribution in [3.63, 3.8) is 0 Å². The van der Waals surface area contributed by atoms with Crippen LogP contribution in [0, 0.1) is 13.8 Å². The molecular formula is C11H12N2O2S. The number of fused-ring (bicyclic) bond motifs is 1. The Balaban J connectivity index is 2.63. The molecule has 2 aromatic heterocycles. The molecule has 4 nitrogen and oxygen atoms in total. The van der Waals surface area contributed by atoms with Crippen molar-refractivity contribution in [3.8, 4) is 0 Å². The van der Waals surface area contributed by atoms with Gasteiger partial charge in [-0.2, -0.15) is 0 Å². The predicted molar refractivity (Wildman–Crippen MR) is 64.0 cm³/mol. The molecule has 0 unspecified atom stereocenters. The second kappa shape index (κ2) is 4.17. The van der Waals surface area contributed by atoms with Crippen molar-refractivity contribution in [1.29, 1.82) is 0 Å². The Morgan fingerprint density at radius 2 is 2.25 bits per heavy atom. The van der Waals surface area contributed by atoms with E-state index in [4.69, 9.17) is 0 Å². The molecule has 0 aliphatic carbocycles. The number of aromatic nitrogens is 2. The van der Waals surface area contributed by atoms with Crippen LogP contribution in [0.25, 0.3) is 10.2 Å². The van der Waals surface area contributed by atoms with Gasteiger partial charge in [-0.05, 0) is 19.4 Å². The molecule has 0 radical (unpaired) electrons. The van der Waals surface area contributed by atoms with Gasteiger partial charge in [0.25, 0.3) is 5.56 Å². The third kappa shape index (κ3) is 1.67. The Labute approximate surface area is 96.6 Å². The summed E-state index contributed by atoms with van der Waals surface area (Å²) in [7, 11) is 0. The topological polar surface area (TPSA) is 52.0 Å². The molecule has 0 bridgehead atoms. The molecule has 0 fully saturated rings. The lowest BCUT2D eigenvalue weighted by atomic mass is 10.2. The molecular weight excluding hydrogens is 224 g/mol. The normalized spacial score (nSPS) is 10.9. The maximum atomic E-state index is 12.1. The van der Waals surface area contributed by atoms with Crippen molar-refractivity contribution in [1.82, 2.24) is 9.55 Å². The largest absolute Gasteiger partial charge is 0.303 e. The lowest BCUT2D eigenvalue weighted by molar-refractivity contribution is -0.108. The Hall–Kier alpha value is -1.49. The van der Waals surface area contributed by atoms with E-state index in [1.54, 1.807) is 0 Å². The summed E-state index contributed by atoms with van der Waals surface area (Å²) in [6.45, 7) is 4.32. The minimum Gasteiger partial charge on any atom is -0.303 e. The van der Waals surface area contributed by atoms with Gasteiger partial charge in [0.15, 0.2) is 0 Å². The molecule has 0 saturated carbocycles. The smallest absolute Gasteiger partial charge is 0.262 e. The van der Waals surface area contributed by atoms with Gasteiger partial charge >= 0.3 is 0 Å². The molecule has 0 aromatic carbocycles. The Morgan fingerprint density at radius 3 is 2.94 bits per heavy atom. The number of carbonyl (C=O) groups is 1. The summed E-state index contributed by atoms with van der Waals surface area (Å²) in [5.41, 5.74) is 0.951. The quantitative estimate of drug-likeness (QED) is 0.762. The number of carbonyl (C=O) groups excluding carboxylic acids is 1. The number of rotatable bonds is 3. The fraction of sp³-hybridized carbons (Fsp3) is 0.364. The first kappa shape index (κ1) is 11.0. The first-order valence-electron chi connectivity index (χ1n) is 5.04. The highest BCUT2D eigenvalue weighted by atomic mass is 32.1. The maximum Gasteiger partial charge on any atom is 0.262 e. The van der Waals surface area contributed by atoms with Crippen molar-refractivity contribution in [2.45, 2.75) is 26.8 Å². The molecule has 0 saturated heterocycles. The van der Waals surface area contributed by atoms with Crippen LogP contribution in [0.15, 0.2) is 11.1 Å². The van der Waals surface area contributed by atoms with Crippen molar-refractivity contribution < 1.29 is 4.79 Å². The van der Waals surface area contributed by atoms with Gasteiger partial charge < -0.3 is 4.79 Å². The molecule has 2 heterocycles. The minimum absolute atomic E-state index is 0.0475. The lowest BCUT2D eigenvalue weighted by Crippen LogP contribution is -2.20. The van der Waals surface area contributed by atoms with Crippen LogP contribution < -0.4 is 5.56 Å². The van der Waals surface area contributed by atoms with E-state index < -0.39 is 0 Å². The number of thiophene rings is 1. The maximum absolute atomic E-state index is 12.1. The first-order valence-corrected chi connectivity index (χ1v) is 5.85. The molecule has 2 aromatic rings. The third-order valence-corrected chi connectivity index (χ3v) is 3.76. The standard InChI is InChI=1S/C11H12N2O2S/c1-7-8(2)16-10-9(7)11(15)13(6-12-10)4-3-5-14/h5-6H,3-4H2,1-2H3. The highest BCUT2D eigenvalue weighted by molar-refractivity contribution is 7.18. The zero-order chi connectivity index (χ0) is 11.7. The van der Waals surface area contributed by atoms with Crippen LogP contribution in [0.2, 0.25) is 0 Å². The number of nitrogens with zero attached hydrogens (tertiary/aromatic N) is 2. The molecule has 0 aliphatic heterocycles. The second-order valence-electron chi connectivity index (χ2n) is 3.66. The van der Waals surface area contributed by atoms with E-state index in [0.29, 0.717) is 18.4 Å². The fourth-order valence-corrected chi connectivity index (χ4v) is 2.61. The van der Waals surface area contributed by atoms with Crippen LogP contribution in [-0.4, -0.2) is 15.8 Å². The van der Waals surface area contributed by atoms with Gasteiger partial charge in [0.1, 0.15) is 11.1 Å². The number of hydrogen-bond donors (Lipinski definition) is 0. The summed E-state index contributed by atoms with van der Waals surface area (Å²) in [6, 6.07) is 0. The SMILES string of the molecule is Cc1sc2ncn(CCC=O)c(=O)c2c1C. The van der Waals surface area contributed by atoms with Crippen LogP contribution in [0.3, 0.4) is 0 Å². The molecule has 0 N–H and O–H groups in total. The zero-order valence-corrected chi connectivity index (χ0v) is 10.0. The van der Waals surface area contributed by atoms with Crippen LogP contribution in [0.1, 0.15) is 16.9 Å². The summed E-state index contributed by atoms with van der Waals surface area (Å²) in [5, 5.41) is 0.691. The van der Waals surface area contributed by atoms with Gasteiger partial charge in [0.2, 0.25) is 0 Å². The van der Waals surface area contributed by atoms with E-state index in [-0.39, 0.29) is 5.56 Å². The summed E-state index contributed by atoms with van der Waals surface area (Å²) < 4.78 is 1.50. The molecule has 16 heavy (non-hydrogen) atoms. The average Bonchev–Trinajstić information content (AvgIpc) is 2.55. The van der Waals surface area contributed by atoms with Gasteiger partial charge in [-0.1, -0.05) is 0 Å². The van der Waals surface area contributed by atoms with Gasteiger partial charge in [0.05, 0.1) is 11.7 Å². The molecule has 2 rings (SSSR count). The number of aryl methyl sites for hydroxylation is 3. The van der Waals surface area contributed by atoms with E-state index in [1.807, 2.05) is 13.8 Å². The van der Waals surface area contributed by atoms with Gasteiger partial charge in [-0.25, -0.2) is 4.98 Å². The summed E-state index contributed by atoms with van der Waals surface area (Å²) in [5.74, 6) is 0. The van der Waals surface area contributed by atoms with Crippen molar-refractivity contribution in [2.24, 2.45) is 0 Å². The Morgan fingerprint density at radius 1 is 1.50 bits per heavy atom. The van der Waals surface area contributed by atoms with Crippen molar-refractivity contribution in [3.05, 3.63) is 27.1 Å². The average molecular weight is 236 g/mol. The van der Waals surface area contributed by atoms with Crippen LogP contribution in [0.4, 0.5) is 0 Å². The molecule has 5 heteroatoms. The predicted octanol–water partition coefficient (Wildman–Crippen LogP) is 1.66. The van der Waals surface area contributed by atoms with Crippen LogP contribution in [0.5, 0.6) is 0 Å². The third-order valence-electron chi connectivity index (χ3n) is 2.64. The Bertz CT molecular complexity index is 598. The molecule has 0 atom stereocenters. The monoisotopic (exact) mass is 236 g/mol. The number of hydrogen-bond acceptors (Lipinski definition) is 4. The van der Waals surface area contributed by atoms with E-state index in [0.717, 1.165) is 21.6 Å². The molecule has 84 valence electrons. The van der Waals surface area contributed by atoms with Gasteiger partial charge in [0, 0.05) is 17.8 Å². The Kier molecular flexibility index (Phi) is 2.87. The van der Waals surface area contributed by atoms with Gasteiger partial charge in [-0.15, -0.1) is 11.3 Å². The highest BCUT2D eigenvalue weighted by Gasteiger charge is 2.11. The van der Waals surface area contributed by atoms with E-state index >= 15 is 0 Å². The van der Waals surface area contributed by atoms with Crippen LogP contribution in [-0.2, 0) is 11.3 Å². The first-order chi connectivity index (χ1) is 7.65. The van der Waals surface area contributed by atoms with Crippen molar-refractivity contribution >= 4 is 27.8 Å². The minimum atomic E-state index is -0.0475. The highest BCUT2D eigenvalue weighted by Crippen LogP contribution is 2.25.